The maximum absolute atomic E-state index is 12.4. The molecule has 1 atom stereocenters. The second kappa shape index (κ2) is 8.12. The zero-order chi connectivity index (χ0) is 16.7. The van der Waals surface area contributed by atoms with Gasteiger partial charge in [0.2, 0.25) is 5.91 Å². The molecular formula is C17H21N3O3. The van der Waals surface area contributed by atoms with Crippen LogP contribution >= 0.6 is 0 Å². The number of nitrogens with one attached hydrogen (secondary N) is 2. The molecule has 0 aliphatic carbocycles. The Morgan fingerprint density at radius 1 is 1.26 bits per heavy atom. The van der Waals surface area contributed by atoms with Gasteiger partial charge >= 0.3 is 0 Å². The zero-order valence-corrected chi connectivity index (χ0v) is 13.3. The summed E-state index contributed by atoms with van der Waals surface area (Å²) >= 11 is 0. The highest BCUT2D eigenvalue weighted by molar-refractivity contribution is 5.95. The Labute approximate surface area is 135 Å². The van der Waals surface area contributed by atoms with E-state index in [1.165, 1.54) is 6.26 Å². The van der Waals surface area contributed by atoms with Crippen LogP contribution in [0.4, 0.5) is 0 Å². The highest BCUT2D eigenvalue weighted by atomic mass is 16.3. The van der Waals surface area contributed by atoms with Crippen molar-refractivity contribution in [2.24, 2.45) is 5.92 Å². The molecule has 6 heteroatoms. The van der Waals surface area contributed by atoms with Crippen LogP contribution in [0.25, 0.3) is 0 Å². The fourth-order valence-corrected chi connectivity index (χ4v) is 2.16. The number of furan rings is 1. The molecule has 0 fully saturated rings. The molecule has 2 rings (SSSR count). The summed E-state index contributed by atoms with van der Waals surface area (Å²) in [4.78, 5) is 28.5. The van der Waals surface area contributed by atoms with Crippen LogP contribution in [0, 0.1) is 5.92 Å². The summed E-state index contributed by atoms with van der Waals surface area (Å²) < 4.78 is 5.06. The normalized spacial score (nSPS) is 12.0. The molecule has 2 N–H and O–H groups in total. The molecule has 2 aromatic heterocycles. The lowest BCUT2D eigenvalue weighted by Crippen LogP contribution is -2.47. The number of aromatic nitrogens is 1. The summed E-state index contributed by atoms with van der Waals surface area (Å²) in [5.74, 6) is -0.153. The summed E-state index contributed by atoms with van der Waals surface area (Å²) in [6, 6.07) is 6.28. The summed E-state index contributed by atoms with van der Waals surface area (Å²) in [5, 5.41) is 5.56. The van der Waals surface area contributed by atoms with Crippen molar-refractivity contribution in [2.45, 2.75) is 32.9 Å². The van der Waals surface area contributed by atoms with Crippen LogP contribution in [0.5, 0.6) is 0 Å². The number of pyridine rings is 1. The Balaban J connectivity index is 1.96. The predicted molar refractivity (Wildman–Crippen MR) is 85.5 cm³/mol. The number of carbonyl (C=O) groups excluding carboxylic acids is 2. The molecule has 6 nitrogen and oxygen atoms in total. The summed E-state index contributed by atoms with van der Waals surface area (Å²) in [6.07, 6.45) is 5.34. The first kappa shape index (κ1) is 16.7. The van der Waals surface area contributed by atoms with Crippen molar-refractivity contribution in [3.05, 3.63) is 54.2 Å². The molecule has 0 saturated carbocycles. The van der Waals surface area contributed by atoms with E-state index < -0.39 is 11.9 Å². The quantitative estimate of drug-likeness (QED) is 0.820. The fourth-order valence-electron chi connectivity index (χ4n) is 2.16. The highest BCUT2D eigenvalue weighted by Gasteiger charge is 2.23. The van der Waals surface area contributed by atoms with Crippen LogP contribution in [0.1, 0.15) is 36.4 Å². The van der Waals surface area contributed by atoms with E-state index in [1.54, 1.807) is 24.5 Å². The number of carbonyl (C=O) groups is 2. The molecule has 0 spiro atoms. The maximum Gasteiger partial charge on any atom is 0.287 e. The number of hydrogen-bond acceptors (Lipinski definition) is 4. The van der Waals surface area contributed by atoms with Gasteiger partial charge in [0, 0.05) is 18.9 Å². The van der Waals surface area contributed by atoms with Crippen molar-refractivity contribution in [3.63, 3.8) is 0 Å². The van der Waals surface area contributed by atoms with E-state index in [9.17, 15) is 9.59 Å². The van der Waals surface area contributed by atoms with E-state index >= 15 is 0 Å². The summed E-state index contributed by atoms with van der Waals surface area (Å²) in [6.45, 7) is 4.37. The molecule has 0 saturated heterocycles. The van der Waals surface area contributed by atoms with Crippen molar-refractivity contribution in [1.29, 1.82) is 0 Å². The largest absolute Gasteiger partial charge is 0.459 e. The van der Waals surface area contributed by atoms with Gasteiger partial charge in [0.05, 0.1) is 6.26 Å². The minimum atomic E-state index is -0.607. The minimum Gasteiger partial charge on any atom is -0.459 e. The standard InChI is InChI=1S/C17H21N3O3/c1-12(2)9-14(20-17(22)15-6-4-8-23-15)16(21)19-11-13-5-3-7-18-10-13/h3-8,10,12,14H,9,11H2,1-2H3,(H,19,21)(H,20,22)/t14-/m0/s1. The molecule has 0 aromatic carbocycles. The van der Waals surface area contributed by atoms with Crippen LogP contribution in [0.2, 0.25) is 0 Å². The molecule has 0 bridgehead atoms. The topological polar surface area (TPSA) is 84.2 Å². The average molecular weight is 315 g/mol. The van der Waals surface area contributed by atoms with Gasteiger partial charge in [0.25, 0.3) is 5.91 Å². The zero-order valence-electron chi connectivity index (χ0n) is 13.3. The first-order valence-electron chi connectivity index (χ1n) is 7.57. The molecule has 0 radical (unpaired) electrons. The third-order valence-corrected chi connectivity index (χ3v) is 3.26. The fraction of sp³-hybridized carbons (Fsp3) is 0.353. The van der Waals surface area contributed by atoms with Crippen LogP contribution in [0.15, 0.2) is 47.3 Å². The van der Waals surface area contributed by atoms with Gasteiger partial charge in [-0.3, -0.25) is 14.6 Å². The van der Waals surface area contributed by atoms with Gasteiger partial charge in [0.1, 0.15) is 6.04 Å². The van der Waals surface area contributed by atoms with E-state index in [0.29, 0.717) is 13.0 Å². The molecule has 2 aromatic rings. The maximum atomic E-state index is 12.4. The van der Waals surface area contributed by atoms with Gasteiger partial charge in [0.15, 0.2) is 5.76 Å². The molecule has 2 amide bonds. The predicted octanol–water partition coefficient (Wildman–Crippen LogP) is 2.14. The molecule has 0 aliphatic rings. The van der Waals surface area contributed by atoms with Crippen LogP contribution in [-0.2, 0) is 11.3 Å². The molecule has 122 valence electrons. The first-order valence-corrected chi connectivity index (χ1v) is 7.57. The summed E-state index contributed by atoms with van der Waals surface area (Å²) in [7, 11) is 0. The highest BCUT2D eigenvalue weighted by Crippen LogP contribution is 2.08. The lowest BCUT2D eigenvalue weighted by molar-refractivity contribution is -0.123. The number of nitrogens with zero attached hydrogens (tertiary/aromatic N) is 1. The van der Waals surface area contributed by atoms with Crippen LogP contribution in [0.3, 0.4) is 0 Å². The minimum absolute atomic E-state index is 0.193. The van der Waals surface area contributed by atoms with Gasteiger partial charge in [-0.1, -0.05) is 19.9 Å². The Morgan fingerprint density at radius 2 is 2.09 bits per heavy atom. The van der Waals surface area contributed by atoms with Gasteiger partial charge in [-0.25, -0.2) is 0 Å². The van der Waals surface area contributed by atoms with E-state index in [1.807, 2.05) is 26.0 Å². The van der Waals surface area contributed by atoms with E-state index in [4.69, 9.17) is 4.42 Å². The molecule has 23 heavy (non-hydrogen) atoms. The van der Waals surface area contributed by atoms with Crippen molar-refractivity contribution >= 4 is 11.8 Å². The number of rotatable bonds is 7. The number of amides is 2. The molecule has 0 unspecified atom stereocenters. The van der Waals surface area contributed by atoms with Crippen molar-refractivity contribution in [2.75, 3.05) is 0 Å². The number of hydrogen-bond donors (Lipinski definition) is 2. The van der Waals surface area contributed by atoms with Crippen molar-refractivity contribution in [1.82, 2.24) is 15.6 Å². The second-order valence-electron chi connectivity index (χ2n) is 5.71. The summed E-state index contributed by atoms with van der Waals surface area (Å²) in [5.41, 5.74) is 0.904. The Bertz CT molecular complexity index is 624. The molecule has 2 heterocycles. The third kappa shape index (κ3) is 5.25. The van der Waals surface area contributed by atoms with E-state index in [2.05, 4.69) is 15.6 Å². The second-order valence-corrected chi connectivity index (χ2v) is 5.71. The van der Waals surface area contributed by atoms with Crippen LogP contribution in [-0.4, -0.2) is 22.8 Å². The smallest absolute Gasteiger partial charge is 0.287 e. The third-order valence-electron chi connectivity index (χ3n) is 3.26. The molecule has 0 aliphatic heterocycles. The van der Waals surface area contributed by atoms with Gasteiger partial charge < -0.3 is 15.1 Å². The van der Waals surface area contributed by atoms with Gasteiger partial charge in [-0.15, -0.1) is 0 Å². The van der Waals surface area contributed by atoms with Gasteiger partial charge in [-0.2, -0.15) is 0 Å². The van der Waals surface area contributed by atoms with E-state index in [-0.39, 0.29) is 17.6 Å². The van der Waals surface area contributed by atoms with Crippen LogP contribution < -0.4 is 10.6 Å². The first-order chi connectivity index (χ1) is 11.1. The Morgan fingerprint density at radius 3 is 2.70 bits per heavy atom. The molecular weight excluding hydrogens is 294 g/mol. The van der Waals surface area contributed by atoms with Crippen molar-refractivity contribution in [3.8, 4) is 0 Å². The Hall–Kier alpha value is -2.63. The lowest BCUT2D eigenvalue weighted by Gasteiger charge is -2.19. The SMILES string of the molecule is CC(C)C[C@H](NC(=O)c1ccco1)C(=O)NCc1cccnc1. The van der Waals surface area contributed by atoms with E-state index in [0.717, 1.165) is 5.56 Å². The Kier molecular flexibility index (Phi) is 5.91. The average Bonchev–Trinajstić information content (AvgIpc) is 3.07. The monoisotopic (exact) mass is 315 g/mol. The lowest BCUT2D eigenvalue weighted by atomic mass is 10.0. The van der Waals surface area contributed by atoms with Gasteiger partial charge in [-0.05, 0) is 36.1 Å². The van der Waals surface area contributed by atoms with Crippen molar-refractivity contribution < 1.29 is 14.0 Å².